The third-order valence-corrected chi connectivity index (χ3v) is 3.16. The highest BCUT2D eigenvalue weighted by atomic mass is 127. The molecular weight excluding hydrogens is 299 g/mol. The van der Waals surface area contributed by atoms with E-state index in [0.29, 0.717) is 0 Å². The fraction of sp³-hybridized carbons (Fsp3) is 0.250. The number of para-hydroxylation sites is 1. The minimum Gasteiger partial charge on any atom is -0.385 e. The highest BCUT2D eigenvalue weighted by Gasteiger charge is 2.05. The number of nitrogens with zero attached hydrogens (tertiary/aromatic N) is 1. The monoisotopic (exact) mass is 312 g/mol. The summed E-state index contributed by atoms with van der Waals surface area (Å²) >= 11 is 2.33. The lowest BCUT2D eigenvalue weighted by molar-refractivity contribution is 1.19. The molecule has 1 aromatic heterocycles. The second-order valence-electron chi connectivity index (χ2n) is 3.48. The van der Waals surface area contributed by atoms with Gasteiger partial charge >= 0.3 is 0 Å². The van der Waals surface area contributed by atoms with Crippen molar-refractivity contribution < 1.29 is 0 Å². The van der Waals surface area contributed by atoms with Crippen LogP contribution in [-0.4, -0.2) is 11.5 Å². The summed E-state index contributed by atoms with van der Waals surface area (Å²) in [6.07, 6.45) is 0. The third kappa shape index (κ3) is 2.07. The molecule has 0 saturated carbocycles. The molecule has 3 heteroatoms. The van der Waals surface area contributed by atoms with Crippen LogP contribution in [0.3, 0.4) is 0 Å². The molecule has 0 fully saturated rings. The lowest BCUT2D eigenvalue weighted by Gasteiger charge is -2.09. The van der Waals surface area contributed by atoms with Crippen molar-refractivity contribution in [1.29, 1.82) is 0 Å². The zero-order valence-electron chi connectivity index (χ0n) is 8.84. The number of anilines is 1. The molecule has 0 spiro atoms. The molecule has 78 valence electrons. The summed E-state index contributed by atoms with van der Waals surface area (Å²) in [7, 11) is 0. The van der Waals surface area contributed by atoms with E-state index < -0.39 is 0 Å². The van der Waals surface area contributed by atoms with E-state index in [2.05, 4.69) is 64.1 Å². The predicted molar refractivity (Wildman–Crippen MR) is 73.4 cm³/mol. The maximum atomic E-state index is 4.57. The van der Waals surface area contributed by atoms with Crippen LogP contribution < -0.4 is 5.32 Å². The maximum absolute atomic E-state index is 4.57. The number of aryl methyl sites for hydroxylation is 1. The van der Waals surface area contributed by atoms with E-state index in [1.54, 1.807) is 0 Å². The molecule has 0 aliphatic heterocycles. The summed E-state index contributed by atoms with van der Waals surface area (Å²) in [5, 5.41) is 4.58. The smallest absolute Gasteiger partial charge is 0.0859 e. The molecule has 2 nitrogen and oxygen atoms in total. The van der Waals surface area contributed by atoms with Gasteiger partial charge < -0.3 is 5.32 Å². The molecule has 0 unspecified atom stereocenters. The second-order valence-corrected chi connectivity index (χ2v) is 4.64. The summed E-state index contributed by atoms with van der Waals surface area (Å²) in [4.78, 5) is 4.57. The topological polar surface area (TPSA) is 24.9 Å². The van der Waals surface area contributed by atoms with E-state index in [0.717, 1.165) is 17.8 Å². The quantitative estimate of drug-likeness (QED) is 0.858. The summed E-state index contributed by atoms with van der Waals surface area (Å²) in [6, 6.07) is 8.37. The van der Waals surface area contributed by atoms with Crippen molar-refractivity contribution in [3.8, 4) is 0 Å². The first-order valence-electron chi connectivity index (χ1n) is 5.02. The standard InChI is InChI=1S/C12H13IN2/c1-3-14-11-7-8(2)15-12-9(11)5-4-6-10(12)13/h4-7H,3H2,1-2H3,(H,14,15). The number of hydrogen-bond acceptors (Lipinski definition) is 2. The van der Waals surface area contributed by atoms with Crippen LogP contribution >= 0.6 is 22.6 Å². The van der Waals surface area contributed by atoms with Crippen molar-refractivity contribution in [2.45, 2.75) is 13.8 Å². The van der Waals surface area contributed by atoms with Gasteiger partial charge in [-0.05, 0) is 48.6 Å². The molecule has 0 aliphatic rings. The van der Waals surface area contributed by atoms with Crippen molar-refractivity contribution in [2.75, 3.05) is 11.9 Å². The molecule has 0 radical (unpaired) electrons. The Bertz CT molecular complexity index is 494. The van der Waals surface area contributed by atoms with Crippen LogP contribution in [0.2, 0.25) is 0 Å². The molecule has 0 atom stereocenters. The molecule has 15 heavy (non-hydrogen) atoms. The van der Waals surface area contributed by atoms with Gasteiger partial charge in [-0.3, -0.25) is 4.98 Å². The lowest BCUT2D eigenvalue weighted by Crippen LogP contribution is -1.99. The Morgan fingerprint density at radius 2 is 2.20 bits per heavy atom. The first-order chi connectivity index (χ1) is 7.22. The first kappa shape index (κ1) is 10.7. The normalized spacial score (nSPS) is 10.6. The molecule has 2 rings (SSSR count). The van der Waals surface area contributed by atoms with Crippen LogP contribution in [0.1, 0.15) is 12.6 Å². The van der Waals surface area contributed by atoms with Gasteiger partial charge in [0.25, 0.3) is 0 Å². The van der Waals surface area contributed by atoms with Crippen molar-refractivity contribution in [3.63, 3.8) is 0 Å². The molecule has 0 saturated heterocycles. The minimum absolute atomic E-state index is 0.935. The molecule has 1 aromatic carbocycles. The van der Waals surface area contributed by atoms with Gasteiger partial charge in [-0.25, -0.2) is 0 Å². The van der Waals surface area contributed by atoms with E-state index >= 15 is 0 Å². The SMILES string of the molecule is CCNc1cc(C)nc2c(I)cccc12. The van der Waals surface area contributed by atoms with Crippen molar-refractivity contribution in [2.24, 2.45) is 0 Å². The van der Waals surface area contributed by atoms with Gasteiger partial charge in [-0.15, -0.1) is 0 Å². The van der Waals surface area contributed by atoms with Crippen LogP contribution in [0.4, 0.5) is 5.69 Å². The molecule has 1 heterocycles. The van der Waals surface area contributed by atoms with Gasteiger partial charge in [0.1, 0.15) is 0 Å². The zero-order chi connectivity index (χ0) is 10.8. The van der Waals surface area contributed by atoms with Crippen LogP contribution in [-0.2, 0) is 0 Å². The van der Waals surface area contributed by atoms with Gasteiger partial charge in [-0.1, -0.05) is 12.1 Å². The number of hydrogen-bond donors (Lipinski definition) is 1. The van der Waals surface area contributed by atoms with E-state index in [1.807, 2.05) is 6.92 Å². The predicted octanol–water partition coefficient (Wildman–Crippen LogP) is 3.58. The minimum atomic E-state index is 0.935. The Labute approximate surface area is 103 Å². The van der Waals surface area contributed by atoms with Crippen LogP contribution in [0.15, 0.2) is 24.3 Å². The third-order valence-electron chi connectivity index (χ3n) is 2.29. The van der Waals surface area contributed by atoms with Crippen LogP contribution in [0, 0.1) is 10.5 Å². The number of halogens is 1. The summed E-state index contributed by atoms with van der Waals surface area (Å²) in [5.74, 6) is 0. The van der Waals surface area contributed by atoms with E-state index in [1.165, 1.54) is 14.6 Å². The Morgan fingerprint density at radius 1 is 1.40 bits per heavy atom. The summed E-state index contributed by atoms with van der Waals surface area (Å²) in [5.41, 5.74) is 3.33. The first-order valence-corrected chi connectivity index (χ1v) is 6.10. The number of rotatable bonds is 2. The van der Waals surface area contributed by atoms with Gasteiger partial charge in [-0.2, -0.15) is 0 Å². The Hall–Kier alpha value is -0.840. The number of pyridine rings is 1. The fourth-order valence-corrected chi connectivity index (χ4v) is 2.30. The number of aromatic nitrogens is 1. The van der Waals surface area contributed by atoms with Gasteiger partial charge in [0, 0.05) is 26.9 Å². The second kappa shape index (κ2) is 4.35. The van der Waals surface area contributed by atoms with Gasteiger partial charge in [0.05, 0.1) is 5.52 Å². The highest BCUT2D eigenvalue weighted by molar-refractivity contribution is 14.1. The molecule has 0 amide bonds. The Morgan fingerprint density at radius 3 is 2.93 bits per heavy atom. The summed E-state index contributed by atoms with van der Waals surface area (Å²) < 4.78 is 1.20. The number of benzene rings is 1. The van der Waals surface area contributed by atoms with Crippen LogP contribution in [0.25, 0.3) is 10.9 Å². The van der Waals surface area contributed by atoms with Gasteiger partial charge in [0.15, 0.2) is 0 Å². The van der Waals surface area contributed by atoms with Gasteiger partial charge in [0.2, 0.25) is 0 Å². The van der Waals surface area contributed by atoms with E-state index in [9.17, 15) is 0 Å². The number of fused-ring (bicyclic) bond motifs is 1. The average molecular weight is 312 g/mol. The van der Waals surface area contributed by atoms with E-state index in [4.69, 9.17) is 0 Å². The molecular formula is C12H13IN2. The average Bonchev–Trinajstić information content (AvgIpc) is 2.20. The Kier molecular flexibility index (Phi) is 3.09. The molecule has 0 aliphatic carbocycles. The highest BCUT2D eigenvalue weighted by Crippen LogP contribution is 2.26. The van der Waals surface area contributed by atoms with Crippen LogP contribution in [0.5, 0.6) is 0 Å². The largest absolute Gasteiger partial charge is 0.385 e. The zero-order valence-corrected chi connectivity index (χ0v) is 11.0. The fourth-order valence-electron chi connectivity index (χ4n) is 1.68. The van der Waals surface area contributed by atoms with Crippen molar-refractivity contribution in [1.82, 2.24) is 4.98 Å². The maximum Gasteiger partial charge on any atom is 0.0859 e. The van der Waals surface area contributed by atoms with Crippen molar-refractivity contribution in [3.05, 3.63) is 33.5 Å². The molecule has 2 aromatic rings. The summed E-state index contributed by atoms with van der Waals surface area (Å²) in [6.45, 7) is 5.07. The van der Waals surface area contributed by atoms with Crippen molar-refractivity contribution >= 4 is 39.2 Å². The Balaban J connectivity index is 2.74. The molecule has 0 bridgehead atoms. The van der Waals surface area contributed by atoms with E-state index in [-0.39, 0.29) is 0 Å². The molecule has 1 N–H and O–H groups in total. The lowest BCUT2D eigenvalue weighted by atomic mass is 10.1. The number of nitrogens with one attached hydrogen (secondary N) is 1.